The first-order valence-electron chi connectivity index (χ1n) is 12.5. The number of aromatic nitrogens is 3. The second kappa shape index (κ2) is 12.1. The van der Waals surface area contributed by atoms with Crippen LogP contribution in [0.3, 0.4) is 0 Å². The minimum absolute atomic E-state index is 0.0643. The number of hydrogen-bond donors (Lipinski definition) is 2. The first-order valence-corrected chi connectivity index (χ1v) is 14.4. The highest BCUT2D eigenvalue weighted by atomic mass is 127. The van der Waals surface area contributed by atoms with Crippen LogP contribution in [0.15, 0.2) is 61.1 Å². The summed E-state index contributed by atoms with van der Waals surface area (Å²) in [5.41, 5.74) is 1.32. The zero-order valence-corrected chi connectivity index (χ0v) is 23.5. The van der Waals surface area contributed by atoms with E-state index in [9.17, 15) is 9.59 Å². The molecule has 2 N–H and O–H groups in total. The number of rotatable bonds is 8. The van der Waals surface area contributed by atoms with Gasteiger partial charge in [0.25, 0.3) is 0 Å². The molecule has 5 rings (SSSR count). The molecule has 1 atom stereocenters. The number of aromatic amines is 1. The van der Waals surface area contributed by atoms with Crippen molar-refractivity contribution in [3.05, 3.63) is 77.2 Å². The number of likely N-dealkylation sites (tertiary alicyclic amines) is 1. The number of fused-ring (bicyclic) bond motifs is 1. The zero-order chi connectivity index (χ0) is 26.5. The van der Waals surface area contributed by atoms with Gasteiger partial charge in [-0.3, -0.25) is 9.59 Å². The molecule has 0 spiro atoms. The molecular formula is C28H27ClIN5O3. The molecule has 4 aromatic rings. The Labute approximate surface area is 239 Å². The zero-order valence-electron chi connectivity index (χ0n) is 20.6. The SMILES string of the molecule is O=C(c1ccc(Oc2ccccc2)cc1Cl)c1c[nH]c2ncnc(NCC3CCCCCN3C(=O)CI)c12. The monoisotopic (exact) mass is 643 g/mol. The Morgan fingerprint density at radius 2 is 1.92 bits per heavy atom. The highest BCUT2D eigenvalue weighted by Gasteiger charge is 2.26. The fourth-order valence-electron chi connectivity index (χ4n) is 4.80. The van der Waals surface area contributed by atoms with Crippen molar-refractivity contribution in [3.8, 4) is 11.5 Å². The van der Waals surface area contributed by atoms with Gasteiger partial charge in [-0.25, -0.2) is 9.97 Å². The maximum atomic E-state index is 13.6. The smallest absolute Gasteiger partial charge is 0.232 e. The van der Waals surface area contributed by atoms with Crippen molar-refractivity contribution in [2.75, 3.05) is 22.8 Å². The number of benzene rings is 2. The summed E-state index contributed by atoms with van der Waals surface area (Å²) in [5.74, 6) is 1.67. The average Bonchev–Trinajstić information content (AvgIpc) is 3.24. The van der Waals surface area contributed by atoms with Crippen LogP contribution in [-0.4, -0.2) is 55.1 Å². The molecule has 3 heterocycles. The molecule has 196 valence electrons. The van der Waals surface area contributed by atoms with E-state index in [1.54, 1.807) is 24.4 Å². The van der Waals surface area contributed by atoms with Crippen molar-refractivity contribution in [2.45, 2.75) is 31.7 Å². The van der Waals surface area contributed by atoms with Gasteiger partial charge in [-0.05, 0) is 37.1 Å². The molecule has 1 aliphatic rings. The Balaban J connectivity index is 1.39. The van der Waals surface area contributed by atoms with Crippen LogP contribution in [0.4, 0.5) is 5.82 Å². The number of ketones is 1. The molecule has 38 heavy (non-hydrogen) atoms. The van der Waals surface area contributed by atoms with Gasteiger partial charge in [0.2, 0.25) is 5.91 Å². The lowest BCUT2D eigenvalue weighted by molar-refractivity contribution is -0.130. The van der Waals surface area contributed by atoms with Crippen LogP contribution in [0.2, 0.25) is 5.02 Å². The number of hydrogen-bond acceptors (Lipinski definition) is 6. The topological polar surface area (TPSA) is 100 Å². The minimum atomic E-state index is -0.249. The average molecular weight is 644 g/mol. The van der Waals surface area contributed by atoms with E-state index in [1.807, 2.05) is 35.2 Å². The van der Waals surface area contributed by atoms with E-state index in [-0.39, 0.29) is 22.8 Å². The number of para-hydroxylation sites is 1. The lowest BCUT2D eigenvalue weighted by Crippen LogP contribution is -2.44. The molecule has 1 aliphatic heterocycles. The summed E-state index contributed by atoms with van der Waals surface area (Å²) >= 11 is 8.66. The van der Waals surface area contributed by atoms with Gasteiger partial charge in [0, 0.05) is 37.0 Å². The number of halogens is 2. The molecule has 0 saturated carbocycles. The van der Waals surface area contributed by atoms with E-state index in [1.165, 1.54) is 6.33 Å². The predicted octanol–water partition coefficient (Wildman–Crippen LogP) is 6.25. The number of anilines is 1. The third kappa shape index (κ3) is 5.78. The van der Waals surface area contributed by atoms with Gasteiger partial charge >= 0.3 is 0 Å². The second-order valence-electron chi connectivity index (χ2n) is 9.14. The van der Waals surface area contributed by atoms with E-state index in [0.717, 1.165) is 32.2 Å². The number of nitrogens with one attached hydrogen (secondary N) is 2. The molecule has 8 nitrogen and oxygen atoms in total. The molecule has 0 aliphatic carbocycles. The molecule has 1 saturated heterocycles. The maximum Gasteiger partial charge on any atom is 0.232 e. The van der Waals surface area contributed by atoms with Gasteiger partial charge in [0.15, 0.2) is 5.78 Å². The van der Waals surface area contributed by atoms with Crippen LogP contribution >= 0.6 is 34.2 Å². The Bertz CT molecular complexity index is 1450. The number of carbonyl (C=O) groups is 2. The minimum Gasteiger partial charge on any atom is -0.457 e. The molecular weight excluding hydrogens is 617 g/mol. The Hall–Kier alpha value is -3.18. The van der Waals surface area contributed by atoms with E-state index < -0.39 is 0 Å². The van der Waals surface area contributed by atoms with Gasteiger partial charge in [0.1, 0.15) is 29.3 Å². The summed E-state index contributed by atoms with van der Waals surface area (Å²) in [6.07, 6.45) is 7.23. The third-order valence-electron chi connectivity index (χ3n) is 6.70. The molecule has 2 aromatic heterocycles. The van der Waals surface area contributed by atoms with Crippen LogP contribution in [0, 0.1) is 0 Å². The largest absolute Gasteiger partial charge is 0.457 e. The number of amides is 1. The van der Waals surface area contributed by atoms with E-state index in [2.05, 4.69) is 42.9 Å². The molecule has 1 fully saturated rings. The first kappa shape index (κ1) is 26.4. The molecule has 2 aromatic carbocycles. The number of carbonyl (C=O) groups excluding carboxylic acids is 2. The fourth-order valence-corrected chi connectivity index (χ4v) is 5.49. The van der Waals surface area contributed by atoms with Crippen LogP contribution in [0.1, 0.15) is 41.6 Å². The summed E-state index contributed by atoms with van der Waals surface area (Å²) in [6, 6.07) is 14.5. The van der Waals surface area contributed by atoms with Gasteiger partial charge in [-0.2, -0.15) is 0 Å². The standard InChI is InChI=1S/C28H27ClIN5O3/c29-23-13-20(38-19-8-4-1-5-9-19)10-11-21(23)26(37)22-16-32-28-25(22)27(33-17-34-28)31-15-18-7-3-2-6-12-35(18)24(36)14-30/h1,4-5,8-11,13,16-18H,2-3,6-7,12,14-15H2,(H2,31,32,33,34). The third-order valence-corrected chi connectivity index (χ3v) is 7.66. The Morgan fingerprint density at radius 3 is 2.71 bits per heavy atom. The Morgan fingerprint density at radius 1 is 1.08 bits per heavy atom. The maximum absolute atomic E-state index is 13.6. The van der Waals surface area contributed by atoms with Crippen molar-refractivity contribution in [2.24, 2.45) is 0 Å². The van der Waals surface area contributed by atoms with Crippen LogP contribution in [0.5, 0.6) is 11.5 Å². The van der Waals surface area contributed by atoms with E-state index in [0.29, 0.717) is 50.4 Å². The van der Waals surface area contributed by atoms with Gasteiger partial charge in [-0.15, -0.1) is 0 Å². The fraction of sp³-hybridized carbons (Fsp3) is 0.286. The van der Waals surface area contributed by atoms with Crippen LogP contribution in [0.25, 0.3) is 11.0 Å². The second-order valence-corrected chi connectivity index (χ2v) is 10.3. The van der Waals surface area contributed by atoms with E-state index in [4.69, 9.17) is 16.3 Å². The van der Waals surface area contributed by atoms with Gasteiger partial charge < -0.3 is 19.9 Å². The Kier molecular flexibility index (Phi) is 8.43. The van der Waals surface area contributed by atoms with Crippen molar-refractivity contribution >= 4 is 62.7 Å². The molecule has 1 unspecified atom stereocenters. The van der Waals surface area contributed by atoms with Crippen LogP contribution in [-0.2, 0) is 4.79 Å². The first-order chi connectivity index (χ1) is 18.5. The van der Waals surface area contributed by atoms with E-state index >= 15 is 0 Å². The van der Waals surface area contributed by atoms with Crippen molar-refractivity contribution in [3.63, 3.8) is 0 Å². The van der Waals surface area contributed by atoms with Crippen molar-refractivity contribution in [1.29, 1.82) is 0 Å². The molecule has 0 bridgehead atoms. The van der Waals surface area contributed by atoms with Crippen molar-refractivity contribution < 1.29 is 14.3 Å². The highest BCUT2D eigenvalue weighted by Crippen LogP contribution is 2.31. The summed E-state index contributed by atoms with van der Waals surface area (Å²) < 4.78 is 6.30. The number of alkyl halides is 1. The summed E-state index contributed by atoms with van der Waals surface area (Å²) in [5, 5.41) is 4.29. The number of H-pyrrole nitrogens is 1. The number of nitrogens with zero attached hydrogens (tertiary/aromatic N) is 3. The van der Waals surface area contributed by atoms with Gasteiger partial charge in [-0.1, -0.05) is 65.2 Å². The predicted molar refractivity (Wildman–Crippen MR) is 157 cm³/mol. The van der Waals surface area contributed by atoms with Gasteiger partial charge in [0.05, 0.1) is 20.4 Å². The summed E-state index contributed by atoms with van der Waals surface area (Å²) in [7, 11) is 0. The quantitative estimate of drug-likeness (QED) is 0.134. The van der Waals surface area contributed by atoms with Crippen molar-refractivity contribution in [1.82, 2.24) is 19.9 Å². The molecule has 1 amide bonds. The summed E-state index contributed by atoms with van der Waals surface area (Å²) in [6.45, 7) is 1.31. The number of ether oxygens (including phenoxy) is 1. The lowest BCUT2D eigenvalue weighted by Gasteiger charge is -2.30. The lowest BCUT2D eigenvalue weighted by atomic mass is 10.0. The molecule has 10 heteroatoms. The normalized spacial score (nSPS) is 15.7. The van der Waals surface area contributed by atoms with Crippen LogP contribution < -0.4 is 10.1 Å². The summed E-state index contributed by atoms with van der Waals surface area (Å²) in [4.78, 5) is 40.0. The highest BCUT2D eigenvalue weighted by molar-refractivity contribution is 14.1. The molecule has 0 radical (unpaired) electrons.